The Hall–Kier alpha value is -1.96. The highest BCUT2D eigenvalue weighted by atomic mass is 16.7. The number of hydrogen-bond acceptors (Lipinski definition) is 6. The Morgan fingerprint density at radius 2 is 1.97 bits per heavy atom. The van der Waals surface area contributed by atoms with Crippen molar-refractivity contribution in [3.63, 3.8) is 0 Å². The van der Waals surface area contributed by atoms with Crippen molar-refractivity contribution in [3.05, 3.63) is 35.9 Å². The molecule has 0 spiro atoms. The molecular formula is C24H35NO6. The van der Waals surface area contributed by atoms with Crippen molar-refractivity contribution < 1.29 is 28.5 Å². The monoisotopic (exact) mass is 433 g/mol. The van der Waals surface area contributed by atoms with E-state index in [1.165, 1.54) is 0 Å². The van der Waals surface area contributed by atoms with Crippen molar-refractivity contribution in [2.45, 2.75) is 89.6 Å². The molecule has 2 fully saturated rings. The smallest absolute Gasteiger partial charge is 0.407 e. The number of amides is 1. The Labute approximate surface area is 184 Å². The molecule has 1 amide bonds. The SMILES string of the molecule is CC(C)(C)OC(=O)N[C@H]1[C@H](CC=O)[C@H](OCc2ccccc2)C[C@@H]1OC1CCCCO1. The van der Waals surface area contributed by atoms with Gasteiger partial charge < -0.3 is 29.1 Å². The zero-order valence-corrected chi connectivity index (χ0v) is 18.8. The maximum absolute atomic E-state index is 12.5. The fourth-order valence-corrected chi connectivity index (χ4v) is 4.23. The number of rotatable bonds is 8. The van der Waals surface area contributed by atoms with Crippen molar-refractivity contribution >= 4 is 12.4 Å². The molecule has 0 bridgehead atoms. The third-order valence-electron chi connectivity index (χ3n) is 5.63. The van der Waals surface area contributed by atoms with Gasteiger partial charge in [-0.2, -0.15) is 0 Å². The summed E-state index contributed by atoms with van der Waals surface area (Å²) >= 11 is 0. The van der Waals surface area contributed by atoms with Crippen molar-refractivity contribution in [1.29, 1.82) is 0 Å². The molecule has 0 aromatic heterocycles. The molecule has 1 N–H and O–H groups in total. The maximum atomic E-state index is 12.5. The fourth-order valence-electron chi connectivity index (χ4n) is 4.23. The van der Waals surface area contributed by atoms with Gasteiger partial charge in [0.05, 0.1) is 24.9 Å². The Bertz CT molecular complexity index is 698. The number of alkyl carbamates (subject to hydrolysis) is 1. The summed E-state index contributed by atoms with van der Waals surface area (Å²) in [6, 6.07) is 9.51. The zero-order valence-electron chi connectivity index (χ0n) is 18.8. The van der Waals surface area contributed by atoms with Gasteiger partial charge in [-0.3, -0.25) is 0 Å². The van der Waals surface area contributed by atoms with Gasteiger partial charge in [0.2, 0.25) is 0 Å². The first-order valence-electron chi connectivity index (χ1n) is 11.2. The molecule has 31 heavy (non-hydrogen) atoms. The predicted molar refractivity (Wildman–Crippen MR) is 115 cm³/mol. The lowest BCUT2D eigenvalue weighted by atomic mass is 9.97. The van der Waals surface area contributed by atoms with Crippen LogP contribution in [0.3, 0.4) is 0 Å². The highest BCUT2D eigenvalue weighted by molar-refractivity contribution is 5.68. The van der Waals surface area contributed by atoms with E-state index in [0.717, 1.165) is 31.1 Å². The highest BCUT2D eigenvalue weighted by Gasteiger charge is 2.46. The summed E-state index contributed by atoms with van der Waals surface area (Å²) in [5, 5.41) is 2.96. The minimum atomic E-state index is -0.616. The quantitative estimate of drug-likeness (QED) is 0.624. The van der Waals surface area contributed by atoms with E-state index >= 15 is 0 Å². The molecule has 1 aliphatic heterocycles. The average molecular weight is 434 g/mol. The van der Waals surface area contributed by atoms with Crippen LogP contribution in [0.2, 0.25) is 0 Å². The molecule has 5 atom stereocenters. The van der Waals surface area contributed by atoms with E-state index in [4.69, 9.17) is 18.9 Å². The van der Waals surface area contributed by atoms with Gasteiger partial charge in [-0.15, -0.1) is 0 Å². The van der Waals surface area contributed by atoms with Gasteiger partial charge in [-0.05, 0) is 45.6 Å². The minimum absolute atomic E-state index is 0.206. The standard InChI is InChI=1S/C24H35NO6/c1-24(2,3)31-23(27)25-22-18(12-13-26)19(29-16-17-9-5-4-6-10-17)15-20(22)30-21-11-7-8-14-28-21/h4-6,9-10,13,18-22H,7-8,11-12,14-16H2,1-3H3,(H,25,27)/t18-,19-,20+,21?,22+/m1/s1. The lowest BCUT2D eigenvalue weighted by Gasteiger charge is -2.31. The zero-order chi connectivity index (χ0) is 22.3. The van der Waals surface area contributed by atoms with Crippen LogP contribution in [0.5, 0.6) is 0 Å². The third-order valence-corrected chi connectivity index (χ3v) is 5.63. The van der Waals surface area contributed by atoms with Crippen LogP contribution in [0.25, 0.3) is 0 Å². The van der Waals surface area contributed by atoms with Gasteiger partial charge in [0.25, 0.3) is 0 Å². The first kappa shape index (κ1) is 23.7. The van der Waals surface area contributed by atoms with E-state index < -0.39 is 17.7 Å². The summed E-state index contributed by atoms with van der Waals surface area (Å²) in [6.07, 6.45) is 3.27. The molecular weight excluding hydrogens is 398 g/mol. The van der Waals surface area contributed by atoms with Crippen LogP contribution in [0.1, 0.15) is 58.4 Å². The van der Waals surface area contributed by atoms with E-state index in [-0.39, 0.29) is 30.8 Å². The minimum Gasteiger partial charge on any atom is -0.444 e. The largest absolute Gasteiger partial charge is 0.444 e. The van der Waals surface area contributed by atoms with Crippen LogP contribution >= 0.6 is 0 Å². The van der Waals surface area contributed by atoms with Crippen molar-refractivity contribution in [2.24, 2.45) is 5.92 Å². The third kappa shape index (κ3) is 7.30. The van der Waals surface area contributed by atoms with E-state index in [1.807, 2.05) is 51.1 Å². The maximum Gasteiger partial charge on any atom is 0.407 e. The Morgan fingerprint density at radius 1 is 1.19 bits per heavy atom. The second kappa shape index (κ2) is 11.1. The number of carbonyl (C=O) groups excluding carboxylic acids is 2. The van der Waals surface area contributed by atoms with Gasteiger partial charge in [-0.1, -0.05) is 30.3 Å². The molecule has 3 rings (SSSR count). The molecule has 2 aliphatic rings. The molecule has 1 saturated carbocycles. The highest BCUT2D eigenvalue weighted by Crippen LogP contribution is 2.35. The molecule has 0 radical (unpaired) electrons. The van der Waals surface area contributed by atoms with Crippen LogP contribution in [-0.4, -0.2) is 49.1 Å². The van der Waals surface area contributed by atoms with Crippen LogP contribution in [-0.2, 0) is 30.3 Å². The summed E-state index contributed by atoms with van der Waals surface area (Å²) in [5.74, 6) is -0.206. The summed E-state index contributed by atoms with van der Waals surface area (Å²) in [7, 11) is 0. The molecule has 1 saturated heterocycles. The fraction of sp³-hybridized carbons (Fsp3) is 0.667. The van der Waals surface area contributed by atoms with Gasteiger partial charge in [0.15, 0.2) is 6.29 Å². The topological polar surface area (TPSA) is 83.1 Å². The van der Waals surface area contributed by atoms with Gasteiger partial charge in [0, 0.05) is 25.4 Å². The van der Waals surface area contributed by atoms with Crippen LogP contribution in [0.15, 0.2) is 30.3 Å². The van der Waals surface area contributed by atoms with Crippen molar-refractivity contribution in [2.75, 3.05) is 6.61 Å². The molecule has 1 heterocycles. The van der Waals surface area contributed by atoms with Crippen LogP contribution < -0.4 is 5.32 Å². The molecule has 1 unspecified atom stereocenters. The number of hydrogen-bond donors (Lipinski definition) is 1. The summed E-state index contributed by atoms with van der Waals surface area (Å²) in [6.45, 7) is 6.57. The van der Waals surface area contributed by atoms with E-state index in [2.05, 4.69) is 5.32 Å². The van der Waals surface area contributed by atoms with E-state index in [9.17, 15) is 9.59 Å². The van der Waals surface area contributed by atoms with Crippen LogP contribution in [0.4, 0.5) is 4.79 Å². The molecule has 1 aromatic carbocycles. The first-order chi connectivity index (χ1) is 14.9. The van der Waals surface area contributed by atoms with E-state index in [1.54, 1.807) is 0 Å². The molecule has 1 aromatic rings. The number of ether oxygens (including phenoxy) is 4. The Morgan fingerprint density at radius 3 is 2.61 bits per heavy atom. The van der Waals surface area contributed by atoms with Crippen molar-refractivity contribution in [1.82, 2.24) is 5.32 Å². The normalized spacial score (nSPS) is 28.8. The summed E-state index contributed by atoms with van der Waals surface area (Å²) < 4.78 is 23.7. The average Bonchev–Trinajstić information content (AvgIpc) is 3.03. The predicted octanol–water partition coefficient (Wildman–Crippen LogP) is 3.99. The van der Waals surface area contributed by atoms with Crippen LogP contribution in [0, 0.1) is 5.92 Å². The number of aldehydes is 1. The van der Waals surface area contributed by atoms with E-state index in [0.29, 0.717) is 19.6 Å². The number of carbonyl (C=O) groups is 2. The van der Waals surface area contributed by atoms with Crippen molar-refractivity contribution in [3.8, 4) is 0 Å². The second-order valence-corrected chi connectivity index (χ2v) is 9.28. The van der Waals surface area contributed by atoms with Gasteiger partial charge in [0.1, 0.15) is 11.9 Å². The lowest BCUT2D eigenvalue weighted by Crippen LogP contribution is -2.48. The molecule has 1 aliphatic carbocycles. The lowest BCUT2D eigenvalue weighted by molar-refractivity contribution is -0.191. The number of nitrogens with one attached hydrogen (secondary N) is 1. The second-order valence-electron chi connectivity index (χ2n) is 9.28. The Kier molecular flexibility index (Phi) is 8.46. The summed E-state index contributed by atoms with van der Waals surface area (Å²) in [4.78, 5) is 24.0. The molecule has 7 heteroatoms. The Balaban J connectivity index is 1.72. The number of benzene rings is 1. The molecule has 7 nitrogen and oxygen atoms in total. The molecule has 172 valence electrons. The summed E-state index contributed by atoms with van der Waals surface area (Å²) in [5.41, 5.74) is 0.443. The van der Waals surface area contributed by atoms with Gasteiger partial charge in [-0.25, -0.2) is 4.79 Å². The first-order valence-corrected chi connectivity index (χ1v) is 11.2. The van der Waals surface area contributed by atoms with Gasteiger partial charge >= 0.3 is 6.09 Å².